The van der Waals surface area contributed by atoms with Gasteiger partial charge in [-0.3, -0.25) is 4.79 Å². The number of hydrogen-bond acceptors (Lipinski definition) is 5. The zero-order valence-electron chi connectivity index (χ0n) is 14.2. The Kier molecular flexibility index (Phi) is 5.95. The molecule has 0 radical (unpaired) electrons. The van der Waals surface area contributed by atoms with Gasteiger partial charge in [-0.2, -0.15) is 0 Å². The summed E-state index contributed by atoms with van der Waals surface area (Å²) in [6.45, 7) is 0.183. The highest BCUT2D eigenvalue weighted by molar-refractivity contribution is 6.02. The Balaban J connectivity index is 1.62. The number of amides is 1. The third-order valence-electron chi connectivity index (χ3n) is 4.66. The Morgan fingerprint density at radius 3 is 2.56 bits per heavy atom. The second-order valence-electron chi connectivity index (χ2n) is 6.46. The molecule has 3 N–H and O–H groups in total. The van der Waals surface area contributed by atoms with Crippen molar-refractivity contribution >= 4 is 17.4 Å². The van der Waals surface area contributed by atoms with E-state index in [9.17, 15) is 9.90 Å². The van der Waals surface area contributed by atoms with Crippen molar-refractivity contribution in [1.29, 1.82) is 0 Å². The molecule has 1 aromatic heterocycles. The topological polar surface area (TPSA) is 87.1 Å². The van der Waals surface area contributed by atoms with Gasteiger partial charge < -0.3 is 15.7 Å². The molecule has 1 saturated carbocycles. The Morgan fingerprint density at radius 1 is 1.04 bits per heavy atom. The molecule has 1 aliphatic rings. The van der Waals surface area contributed by atoms with Crippen molar-refractivity contribution in [3.8, 4) is 0 Å². The van der Waals surface area contributed by atoms with Crippen molar-refractivity contribution in [2.24, 2.45) is 5.92 Å². The number of carbonyl (C=O) groups excluding carboxylic acids is 1. The summed E-state index contributed by atoms with van der Waals surface area (Å²) in [6, 6.07) is 12.9. The van der Waals surface area contributed by atoms with Gasteiger partial charge in [0.05, 0.1) is 0 Å². The molecule has 1 heterocycles. The maximum absolute atomic E-state index is 12.2. The number of aliphatic hydroxyl groups is 1. The fraction of sp³-hybridized carbons (Fsp3) is 0.421. The summed E-state index contributed by atoms with van der Waals surface area (Å²) in [5, 5.41) is 23.9. The van der Waals surface area contributed by atoms with Crippen molar-refractivity contribution in [1.82, 2.24) is 10.2 Å². The van der Waals surface area contributed by atoms with Crippen LogP contribution >= 0.6 is 0 Å². The van der Waals surface area contributed by atoms with Crippen LogP contribution in [0.3, 0.4) is 0 Å². The van der Waals surface area contributed by atoms with Gasteiger partial charge in [0.15, 0.2) is 5.69 Å². The number of para-hydroxylation sites is 1. The third kappa shape index (κ3) is 4.76. The molecule has 0 saturated heterocycles. The van der Waals surface area contributed by atoms with Crippen molar-refractivity contribution in [3.63, 3.8) is 0 Å². The third-order valence-corrected chi connectivity index (χ3v) is 4.66. The van der Waals surface area contributed by atoms with Crippen LogP contribution in [0.25, 0.3) is 0 Å². The van der Waals surface area contributed by atoms with Crippen molar-refractivity contribution in [2.75, 3.05) is 17.2 Å². The molecule has 25 heavy (non-hydrogen) atoms. The fourth-order valence-corrected chi connectivity index (χ4v) is 3.23. The zero-order valence-corrected chi connectivity index (χ0v) is 14.2. The molecule has 0 unspecified atom stereocenters. The minimum Gasteiger partial charge on any atom is -0.396 e. The molecule has 2 aromatic rings. The molecule has 6 heteroatoms. The Hall–Kier alpha value is -2.47. The minimum atomic E-state index is -0.284. The van der Waals surface area contributed by atoms with Gasteiger partial charge in [-0.25, -0.2) is 0 Å². The number of rotatable bonds is 5. The van der Waals surface area contributed by atoms with Crippen LogP contribution in [0, 0.1) is 5.92 Å². The smallest absolute Gasteiger partial charge is 0.276 e. The molecule has 2 atom stereocenters. The summed E-state index contributed by atoms with van der Waals surface area (Å²) in [6.07, 6.45) is 5.56. The predicted molar refractivity (Wildman–Crippen MR) is 97.5 cm³/mol. The lowest BCUT2D eigenvalue weighted by Crippen LogP contribution is -2.31. The molecule has 1 aromatic carbocycles. The maximum atomic E-state index is 12.2. The normalized spacial score (nSPS) is 20.5. The first-order valence-corrected chi connectivity index (χ1v) is 8.84. The summed E-state index contributed by atoms with van der Waals surface area (Å²) < 4.78 is 0. The maximum Gasteiger partial charge on any atom is 0.276 e. The van der Waals surface area contributed by atoms with Gasteiger partial charge in [-0.05, 0) is 37.1 Å². The Morgan fingerprint density at radius 2 is 1.84 bits per heavy atom. The van der Waals surface area contributed by atoms with E-state index < -0.39 is 0 Å². The molecular formula is C19H24N4O2. The second kappa shape index (κ2) is 8.58. The Labute approximate surface area is 147 Å². The predicted octanol–water partition coefficient (Wildman–Crippen LogP) is 3.08. The number of benzene rings is 1. The summed E-state index contributed by atoms with van der Waals surface area (Å²) in [7, 11) is 0. The Bertz CT molecular complexity index is 676. The number of aromatic nitrogens is 2. The van der Waals surface area contributed by atoms with Crippen LogP contribution in [0.15, 0.2) is 42.5 Å². The quantitative estimate of drug-likeness (QED) is 0.728. The van der Waals surface area contributed by atoms with Gasteiger partial charge in [0, 0.05) is 24.3 Å². The SMILES string of the molecule is O=C(Nc1ccccc1)c1ccc(N[C@H]2CCCCC[C@H]2CO)nn1. The average molecular weight is 340 g/mol. The van der Waals surface area contributed by atoms with Gasteiger partial charge in [0.25, 0.3) is 5.91 Å². The first-order valence-electron chi connectivity index (χ1n) is 8.84. The van der Waals surface area contributed by atoms with Gasteiger partial charge in [0.2, 0.25) is 0 Å². The molecule has 132 valence electrons. The molecule has 1 fully saturated rings. The van der Waals surface area contributed by atoms with Gasteiger partial charge in [-0.1, -0.05) is 37.5 Å². The van der Waals surface area contributed by atoms with E-state index in [1.807, 2.05) is 30.3 Å². The molecule has 0 bridgehead atoms. The molecular weight excluding hydrogens is 316 g/mol. The number of aliphatic hydroxyl groups excluding tert-OH is 1. The lowest BCUT2D eigenvalue weighted by molar-refractivity contribution is 0.102. The number of nitrogens with zero attached hydrogens (tertiary/aromatic N) is 2. The number of carbonyl (C=O) groups is 1. The van der Waals surface area contributed by atoms with Crippen LogP contribution in [-0.4, -0.2) is 33.9 Å². The summed E-state index contributed by atoms with van der Waals surface area (Å²) >= 11 is 0. The molecule has 0 aliphatic heterocycles. The highest BCUT2D eigenvalue weighted by Crippen LogP contribution is 2.25. The number of nitrogens with one attached hydrogen (secondary N) is 2. The van der Waals surface area contributed by atoms with E-state index >= 15 is 0 Å². The van der Waals surface area contributed by atoms with Crippen molar-refractivity contribution < 1.29 is 9.90 Å². The van der Waals surface area contributed by atoms with Gasteiger partial charge in [0.1, 0.15) is 5.82 Å². The molecule has 1 aliphatic carbocycles. The highest BCUT2D eigenvalue weighted by Gasteiger charge is 2.23. The van der Waals surface area contributed by atoms with Crippen LogP contribution in [0.2, 0.25) is 0 Å². The monoisotopic (exact) mass is 340 g/mol. The lowest BCUT2D eigenvalue weighted by Gasteiger charge is -2.24. The van der Waals surface area contributed by atoms with Crippen LogP contribution in [0.4, 0.5) is 11.5 Å². The lowest BCUT2D eigenvalue weighted by atomic mass is 9.96. The van der Waals surface area contributed by atoms with Crippen LogP contribution < -0.4 is 10.6 Å². The van der Waals surface area contributed by atoms with Crippen LogP contribution in [0.1, 0.15) is 42.6 Å². The average Bonchev–Trinajstić information content (AvgIpc) is 2.88. The standard InChI is InChI=1S/C19H24N4O2/c24-13-14-7-3-1-6-10-16(14)21-18-12-11-17(22-23-18)19(25)20-15-8-4-2-5-9-15/h2,4-5,8-9,11-12,14,16,24H,1,3,6-7,10,13H2,(H,20,25)(H,21,23)/t14-,16-/m0/s1. The van der Waals surface area contributed by atoms with Gasteiger partial charge >= 0.3 is 0 Å². The van der Waals surface area contributed by atoms with E-state index in [2.05, 4.69) is 20.8 Å². The molecule has 3 rings (SSSR count). The van der Waals surface area contributed by atoms with E-state index in [0.717, 1.165) is 31.4 Å². The molecule has 6 nitrogen and oxygen atoms in total. The van der Waals surface area contributed by atoms with Crippen molar-refractivity contribution in [2.45, 2.75) is 38.1 Å². The second-order valence-corrected chi connectivity index (χ2v) is 6.46. The van der Waals surface area contributed by atoms with E-state index in [1.54, 1.807) is 12.1 Å². The van der Waals surface area contributed by atoms with Crippen LogP contribution in [-0.2, 0) is 0 Å². The number of anilines is 2. The molecule has 0 spiro atoms. The number of hydrogen-bond donors (Lipinski definition) is 3. The van der Waals surface area contributed by atoms with Crippen molar-refractivity contribution in [3.05, 3.63) is 48.2 Å². The summed E-state index contributed by atoms with van der Waals surface area (Å²) in [4.78, 5) is 12.2. The minimum absolute atomic E-state index is 0.183. The summed E-state index contributed by atoms with van der Waals surface area (Å²) in [5.74, 6) is 0.597. The van der Waals surface area contributed by atoms with E-state index in [-0.39, 0.29) is 30.2 Å². The van der Waals surface area contributed by atoms with Crippen LogP contribution in [0.5, 0.6) is 0 Å². The first-order chi connectivity index (χ1) is 12.3. The van der Waals surface area contributed by atoms with E-state index in [1.165, 1.54) is 6.42 Å². The fourth-order valence-electron chi connectivity index (χ4n) is 3.23. The zero-order chi connectivity index (χ0) is 17.5. The van der Waals surface area contributed by atoms with E-state index in [4.69, 9.17) is 0 Å². The van der Waals surface area contributed by atoms with E-state index in [0.29, 0.717) is 5.82 Å². The summed E-state index contributed by atoms with van der Waals surface area (Å²) in [5.41, 5.74) is 0.995. The molecule has 1 amide bonds. The van der Waals surface area contributed by atoms with Gasteiger partial charge in [-0.15, -0.1) is 10.2 Å². The largest absolute Gasteiger partial charge is 0.396 e. The first kappa shape index (κ1) is 17.4. The highest BCUT2D eigenvalue weighted by atomic mass is 16.3.